The van der Waals surface area contributed by atoms with Crippen LogP contribution in [0.15, 0.2) is 59.5 Å². The average Bonchev–Trinajstić information content (AvgIpc) is 2.73. The molecule has 0 aliphatic rings. The lowest BCUT2D eigenvalue weighted by molar-refractivity contribution is -0.131. The minimum absolute atomic E-state index is 0.0415. The smallest absolute Gasteiger partial charge is 0.261 e. The second kappa shape index (κ2) is 11.7. The van der Waals surface area contributed by atoms with Crippen LogP contribution in [0, 0.1) is 0 Å². The SMILES string of the molecule is O=C(CCCCC[C@H](NS(=O)(=O)c1ccc(Cl)cc1)C(=O)NO)Nc1ccccc1. The highest BCUT2D eigenvalue weighted by atomic mass is 35.5. The molecule has 2 amide bonds. The maximum atomic E-state index is 12.5. The van der Waals surface area contributed by atoms with E-state index in [0.29, 0.717) is 30.7 Å². The fourth-order valence-electron chi connectivity index (χ4n) is 2.75. The number of amides is 2. The van der Waals surface area contributed by atoms with Crippen LogP contribution in [0.3, 0.4) is 0 Å². The maximum absolute atomic E-state index is 12.5. The number of hydrogen-bond donors (Lipinski definition) is 4. The van der Waals surface area contributed by atoms with Crippen molar-refractivity contribution in [2.75, 3.05) is 5.32 Å². The Labute approximate surface area is 180 Å². The Morgan fingerprint density at radius 1 is 0.967 bits per heavy atom. The van der Waals surface area contributed by atoms with Gasteiger partial charge in [0.25, 0.3) is 5.91 Å². The Bertz CT molecular complexity index is 937. The summed E-state index contributed by atoms with van der Waals surface area (Å²) >= 11 is 5.77. The molecule has 10 heteroatoms. The molecule has 0 spiro atoms. The molecule has 0 heterocycles. The fraction of sp³-hybridized carbons (Fsp3) is 0.300. The summed E-state index contributed by atoms with van der Waals surface area (Å²) in [5.41, 5.74) is 2.20. The first-order chi connectivity index (χ1) is 14.3. The first-order valence-electron chi connectivity index (χ1n) is 9.38. The number of carbonyl (C=O) groups excluding carboxylic acids is 2. The molecule has 2 aromatic rings. The molecule has 0 unspecified atom stereocenters. The van der Waals surface area contributed by atoms with Gasteiger partial charge in [0.05, 0.1) is 4.90 Å². The van der Waals surface area contributed by atoms with Crippen molar-refractivity contribution in [1.82, 2.24) is 10.2 Å². The van der Waals surface area contributed by atoms with E-state index >= 15 is 0 Å². The Balaban J connectivity index is 1.81. The van der Waals surface area contributed by atoms with Crippen LogP contribution in [-0.2, 0) is 19.6 Å². The monoisotopic (exact) mass is 453 g/mol. The Hall–Kier alpha value is -2.46. The summed E-state index contributed by atoms with van der Waals surface area (Å²) in [7, 11) is -3.97. The van der Waals surface area contributed by atoms with E-state index in [2.05, 4.69) is 10.0 Å². The first kappa shape index (κ1) is 23.8. The third kappa shape index (κ3) is 7.75. The summed E-state index contributed by atoms with van der Waals surface area (Å²) in [6.45, 7) is 0. The van der Waals surface area contributed by atoms with Crippen LogP contribution in [0.2, 0.25) is 5.02 Å². The quantitative estimate of drug-likeness (QED) is 0.236. The average molecular weight is 454 g/mol. The number of nitrogens with one attached hydrogen (secondary N) is 3. The molecule has 0 bridgehead atoms. The lowest BCUT2D eigenvalue weighted by Gasteiger charge is -2.17. The zero-order valence-corrected chi connectivity index (χ0v) is 17.7. The number of sulfonamides is 1. The molecule has 1 atom stereocenters. The molecule has 0 aromatic heterocycles. The van der Waals surface area contributed by atoms with Crippen LogP contribution >= 0.6 is 11.6 Å². The van der Waals surface area contributed by atoms with Gasteiger partial charge in [0.1, 0.15) is 6.04 Å². The van der Waals surface area contributed by atoms with Gasteiger partial charge in [-0.05, 0) is 49.2 Å². The summed E-state index contributed by atoms with van der Waals surface area (Å²) in [6, 6.07) is 13.5. The highest BCUT2D eigenvalue weighted by molar-refractivity contribution is 7.89. The highest BCUT2D eigenvalue weighted by Crippen LogP contribution is 2.16. The molecule has 0 saturated carbocycles. The van der Waals surface area contributed by atoms with Crippen molar-refractivity contribution in [1.29, 1.82) is 0 Å². The Kier molecular flexibility index (Phi) is 9.25. The molecule has 4 N–H and O–H groups in total. The van der Waals surface area contributed by atoms with Crippen LogP contribution in [-0.4, -0.2) is 31.5 Å². The van der Waals surface area contributed by atoms with E-state index in [9.17, 15) is 18.0 Å². The van der Waals surface area contributed by atoms with E-state index in [0.717, 1.165) is 5.69 Å². The second-order valence-corrected chi connectivity index (χ2v) is 8.77. The van der Waals surface area contributed by atoms with Crippen LogP contribution in [0.4, 0.5) is 5.69 Å². The van der Waals surface area contributed by atoms with Crippen molar-refractivity contribution >= 4 is 39.1 Å². The van der Waals surface area contributed by atoms with Gasteiger partial charge in [-0.25, -0.2) is 13.9 Å². The lowest BCUT2D eigenvalue weighted by Crippen LogP contribution is -2.45. The Morgan fingerprint density at radius 2 is 1.63 bits per heavy atom. The lowest BCUT2D eigenvalue weighted by atomic mass is 10.1. The number of unbranched alkanes of at least 4 members (excludes halogenated alkanes) is 2. The number of carbonyl (C=O) groups is 2. The zero-order chi connectivity index (χ0) is 22.0. The molecule has 0 fully saturated rings. The van der Waals surface area contributed by atoms with E-state index in [1.807, 2.05) is 18.2 Å². The van der Waals surface area contributed by atoms with Crippen molar-refractivity contribution in [2.45, 2.75) is 43.0 Å². The number of para-hydroxylation sites is 1. The van der Waals surface area contributed by atoms with Crippen molar-refractivity contribution < 1.29 is 23.2 Å². The third-order valence-electron chi connectivity index (χ3n) is 4.30. The van der Waals surface area contributed by atoms with Gasteiger partial charge in [0.2, 0.25) is 15.9 Å². The van der Waals surface area contributed by atoms with E-state index in [1.54, 1.807) is 12.1 Å². The molecule has 0 aliphatic heterocycles. The molecule has 2 rings (SSSR count). The maximum Gasteiger partial charge on any atom is 0.261 e. The van der Waals surface area contributed by atoms with Gasteiger partial charge in [-0.3, -0.25) is 14.8 Å². The predicted molar refractivity (Wildman–Crippen MR) is 114 cm³/mol. The minimum atomic E-state index is -3.97. The second-order valence-electron chi connectivity index (χ2n) is 6.62. The molecule has 0 aliphatic carbocycles. The van der Waals surface area contributed by atoms with Gasteiger partial charge in [0.15, 0.2) is 0 Å². The summed E-state index contributed by atoms with van der Waals surface area (Å²) < 4.78 is 27.2. The molecule has 8 nitrogen and oxygen atoms in total. The van der Waals surface area contributed by atoms with E-state index < -0.39 is 22.0 Å². The topological polar surface area (TPSA) is 125 Å². The minimum Gasteiger partial charge on any atom is -0.326 e. The molecule has 2 aromatic carbocycles. The van der Waals surface area contributed by atoms with Crippen molar-refractivity contribution in [3.8, 4) is 0 Å². The van der Waals surface area contributed by atoms with Gasteiger partial charge in [0, 0.05) is 17.1 Å². The number of rotatable bonds is 11. The van der Waals surface area contributed by atoms with Crippen LogP contribution in [0.5, 0.6) is 0 Å². The molecular formula is C20H24ClN3O5S. The van der Waals surface area contributed by atoms with Gasteiger partial charge < -0.3 is 5.32 Å². The number of benzene rings is 2. The number of halogens is 1. The fourth-order valence-corrected chi connectivity index (χ4v) is 4.10. The van der Waals surface area contributed by atoms with Crippen molar-refractivity contribution in [3.05, 3.63) is 59.6 Å². The third-order valence-corrected chi connectivity index (χ3v) is 6.04. The van der Waals surface area contributed by atoms with Gasteiger partial charge in [-0.15, -0.1) is 0 Å². The van der Waals surface area contributed by atoms with Crippen molar-refractivity contribution in [3.63, 3.8) is 0 Å². The standard InChI is InChI=1S/C20H24ClN3O5S/c21-15-11-13-17(14-12-15)30(28,29)24-18(20(26)23-27)9-5-2-6-10-19(25)22-16-7-3-1-4-8-16/h1,3-4,7-8,11-14,18,24,27H,2,5-6,9-10H2,(H,22,25)(H,23,26)/t18-/m0/s1. The molecule has 162 valence electrons. The summed E-state index contributed by atoms with van der Waals surface area (Å²) in [6.07, 6.45) is 2.15. The molecule has 0 saturated heterocycles. The van der Waals surface area contributed by atoms with E-state index in [1.165, 1.54) is 29.7 Å². The van der Waals surface area contributed by atoms with Gasteiger partial charge in [-0.1, -0.05) is 42.6 Å². The van der Waals surface area contributed by atoms with Crippen LogP contribution < -0.4 is 15.5 Å². The van der Waals surface area contributed by atoms with Gasteiger partial charge >= 0.3 is 0 Å². The summed E-state index contributed by atoms with van der Waals surface area (Å²) in [5, 5.41) is 12.1. The molecule has 0 radical (unpaired) electrons. The highest BCUT2D eigenvalue weighted by Gasteiger charge is 2.25. The molecule has 30 heavy (non-hydrogen) atoms. The summed E-state index contributed by atoms with van der Waals surface area (Å²) in [4.78, 5) is 23.8. The van der Waals surface area contributed by atoms with E-state index in [4.69, 9.17) is 16.8 Å². The predicted octanol–water partition coefficient (Wildman–Crippen LogP) is 3.08. The Morgan fingerprint density at radius 3 is 2.27 bits per heavy atom. The summed E-state index contributed by atoms with van der Waals surface area (Å²) in [5.74, 6) is -0.969. The van der Waals surface area contributed by atoms with E-state index in [-0.39, 0.29) is 17.2 Å². The first-order valence-corrected chi connectivity index (χ1v) is 11.2. The van der Waals surface area contributed by atoms with Crippen LogP contribution in [0.1, 0.15) is 32.1 Å². The van der Waals surface area contributed by atoms with Crippen LogP contribution in [0.25, 0.3) is 0 Å². The molecular weight excluding hydrogens is 430 g/mol. The largest absolute Gasteiger partial charge is 0.326 e. The number of hydrogen-bond acceptors (Lipinski definition) is 5. The van der Waals surface area contributed by atoms with Crippen molar-refractivity contribution in [2.24, 2.45) is 0 Å². The number of hydroxylamine groups is 1. The van der Waals surface area contributed by atoms with Gasteiger partial charge in [-0.2, -0.15) is 4.72 Å². The normalized spacial score (nSPS) is 12.2. The zero-order valence-electron chi connectivity index (χ0n) is 16.2. The number of anilines is 1.